The van der Waals surface area contributed by atoms with E-state index in [1.165, 1.54) is 43.9 Å². The summed E-state index contributed by atoms with van der Waals surface area (Å²) in [6.45, 7) is 0.804. The van der Waals surface area contributed by atoms with Gasteiger partial charge < -0.3 is 5.32 Å². The van der Waals surface area contributed by atoms with Crippen LogP contribution in [-0.2, 0) is 4.79 Å². The third kappa shape index (κ3) is 6.05. The van der Waals surface area contributed by atoms with E-state index in [9.17, 15) is 4.79 Å². The van der Waals surface area contributed by atoms with Crippen molar-refractivity contribution in [3.63, 3.8) is 0 Å². The first-order valence-corrected chi connectivity index (χ1v) is 9.83. The topological polar surface area (TPSA) is 70.7 Å². The Balaban J connectivity index is 1.40. The van der Waals surface area contributed by atoms with Crippen molar-refractivity contribution in [3.8, 4) is 0 Å². The molecule has 0 aliphatic heterocycles. The Bertz CT molecular complexity index is 692. The highest BCUT2D eigenvalue weighted by Crippen LogP contribution is 2.22. The highest BCUT2D eigenvalue weighted by atomic mass is 32.2. The molecule has 6 heteroatoms. The Kier molecular flexibility index (Phi) is 6.68. The summed E-state index contributed by atoms with van der Waals surface area (Å²) in [4.78, 5) is 16.3. The summed E-state index contributed by atoms with van der Waals surface area (Å²) in [5.41, 5.74) is 1.11. The number of rotatable bonds is 7. The third-order valence-corrected chi connectivity index (χ3v) is 5.21. The zero-order valence-corrected chi connectivity index (χ0v) is 15.1. The maximum Gasteiger partial charge on any atom is 0.230 e. The Morgan fingerprint density at radius 3 is 2.80 bits per heavy atom. The number of benzene rings is 1. The van der Waals surface area contributed by atoms with E-state index >= 15 is 0 Å². The van der Waals surface area contributed by atoms with E-state index < -0.39 is 0 Å². The summed E-state index contributed by atoms with van der Waals surface area (Å²) >= 11 is 1.36. The number of carbonyl (C=O) groups is 1. The van der Waals surface area contributed by atoms with Gasteiger partial charge in [-0.1, -0.05) is 67.4 Å². The number of aromatic amines is 1. The molecule has 1 aromatic carbocycles. The molecule has 1 aromatic heterocycles. The lowest BCUT2D eigenvalue weighted by Crippen LogP contribution is -2.31. The van der Waals surface area contributed by atoms with Crippen LogP contribution < -0.4 is 5.32 Å². The molecule has 0 radical (unpaired) electrons. The van der Waals surface area contributed by atoms with Gasteiger partial charge in [0.15, 0.2) is 0 Å². The van der Waals surface area contributed by atoms with E-state index in [0.717, 1.165) is 12.1 Å². The van der Waals surface area contributed by atoms with Gasteiger partial charge in [0.1, 0.15) is 5.82 Å². The number of nitrogens with one attached hydrogen (secondary N) is 2. The van der Waals surface area contributed by atoms with Crippen LogP contribution in [0.1, 0.15) is 43.5 Å². The fourth-order valence-corrected chi connectivity index (χ4v) is 3.60. The van der Waals surface area contributed by atoms with Gasteiger partial charge in [-0.2, -0.15) is 0 Å². The van der Waals surface area contributed by atoms with Gasteiger partial charge in [0.2, 0.25) is 11.1 Å². The van der Waals surface area contributed by atoms with Crippen molar-refractivity contribution in [1.29, 1.82) is 0 Å². The normalized spacial score (nSPS) is 15.5. The van der Waals surface area contributed by atoms with Gasteiger partial charge >= 0.3 is 0 Å². The number of H-pyrrole nitrogens is 1. The molecule has 2 aromatic rings. The lowest BCUT2D eigenvalue weighted by atomic mass is 9.89. The molecule has 1 saturated carbocycles. The molecule has 2 N–H and O–H groups in total. The molecule has 3 rings (SSSR count). The van der Waals surface area contributed by atoms with Crippen molar-refractivity contribution < 1.29 is 4.79 Å². The van der Waals surface area contributed by atoms with Gasteiger partial charge in [-0.25, -0.2) is 4.98 Å². The van der Waals surface area contributed by atoms with Crippen LogP contribution in [0.4, 0.5) is 0 Å². The average molecular weight is 356 g/mol. The number of nitrogens with zero attached hydrogens (tertiary/aromatic N) is 2. The first-order chi connectivity index (χ1) is 12.3. The van der Waals surface area contributed by atoms with E-state index in [4.69, 9.17) is 0 Å². The highest BCUT2D eigenvalue weighted by molar-refractivity contribution is 7.99. The lowest BCUT2D eigenvalue weighted by Gasteiger charge is -2.21. The predicted molar refractivity (Wildman–Crippen MR) is 102 cm³/mol. The van der Waals surface area contributed by atoms with Crippen LogP contribution in [0.3, 0.4) is 0 Å². The summed E-state index contributed by atoms with van der Waals surface area (Å²) in [7, 11) is 0. The van der Waals surface area contributed by atoms with Gasteiger partial charge in [-0.15, -0.1) is 5.10 Å². The molecule has 1 heterocycles. The Morgan fingerprint density at radius 2 is 2.00 bits per heavy atom. The molecule has 1 aliphatic carbocycles. The lowest BCUT2D eigenvalue weighted by molar-refractivity contribution is -0.118. The van der Waals surface area contributed by atoms with Crippen molar-refractivity contribution in [2.75, 3.05) is 12.3 Å². The second-order valence-electron chi connectivity index (χ2n) is 6.34. The summed E-state index contributed by atoms with van der Waals surface area (Å²) in [5.74, 6) is 1.75. The number of thioether (sulfide) groups is 1. The van der Waals surface area contributed by atoms with E-state index in [1.807, 2.05) is 42.5 Å². The number of hydrogen-bond acceptors (Lipinski definition) is 4. The summed E-state index contributed by atoms with van der Waals surface area (Å²) in [5, 5.41) is 10.7. The van der Waals surface area contributed by atoms with Crippen LogP contribution in [0.2, 0.25) is 0 Å². The molecule has 1 fully saturated rings. The van der Waals surface area contributed by atoms with Crippen LogP contribution in [0, 0.1) is 5.92 Å². The Hall–Kier alpha value is -2.08. The maximum atomic E-state index is 12.0. The third-order valence-electron chi connectivity index (χ3n) is 4.36. The van der Waals surface area contributed by atoms with E-state index in [2.05, 4.69) is 20.5 Å². The van der Waals surface area contributed by atoms with Crippen molar-refractivity contribution in [1.82, 2.24) is 20.5 Å². The van der Waals surface area contributed by atoms with Gasteiger partial charge in [0.25, 0.3) is 0 Å². The molecule has 0 atom stereocenters. The van der Waals surface area contributed by atoms with Gasteiger partial charge in [-0.05, 0) is 30.4 Å². The molecule has 5 nitrogen and oxygen atoms in total. The minimum Gasteiger partial charge on any atom is -0.355 e. The van der Waals surface area contributed by atoms with Crippen molar-refractivity contribution >= 4 is 29.8 Å². The molecule has 1 aliphatic rings. The van der Waals surface area contributed by atoms with Crippen molar-refractivity contribution in [2.45, 2.75) is 37.3 Å². The quantitative estimate of drug-likeness (QED) is 0.741. The molecule has 1 amide bonds. The van der Waals surface area contributed by atoms with Crippen LogP contribution in [0.25, 0.3) is 12.2 Å². The second-order valence-corrected chi connectivity index (χ2v) is 7.29. The highest BCUT2D eigenvalue weighted by Gasteiger charge is 2.14. The van der Waals surface area contributed by atoms with Crippen LogP contribution >= 0.6 is 11.8 Å². The molecule has 132 valence electrons. The largest absolute Gasteiger partial charge is 0.355 e. The number of carbonyl (C=O) groups excluding carboxylic acids is 1. The van der Waals surface area contributed by atoms with Gasteiger partial charge in [0.05, 0.1) is 5.75 Å². The maximum absolute atomic E-state index is 12.0. The number of hydrogen-bond donors (Lipinski definition) is 2. The first-order valence-electron chi connectivity index (χ1n) is 8.84. The zero-order chi connectivity index (χ0) is 17.3. The fourth-order valence-electron chi connectivity index (χ4n) is 2.97. The van der Waals surface area contributed by atoms with Crippen LogP contribution in [0.5, 0.6) is 0 Å². The molecule has 0 bridgehead atoms. The second kappa shape index (κ2) is 9.42. The standard InChI is InChI=1S/C19H24N4OS/c24-18(20-13-16-9-5-2-6-10-16)14-25-19-21-17(22-23-19)12-11-15-7-3-1-4-8-15/h1,3-4,7-8,11-12,16H,2,5-6,9-10,13-14H2,(H,20,24)(H,21,22,23)/b12-11+. The molecular weight excluding hydrogens is 332 g/mol. The van der Waals surface area contributed by atoms with Crippen LogP contribution in [0.15, 0.2) is 35.5 Å². The number of aromatic nitrogens is 3. The SMILES string of the molecule is O=C(CSc1n[nH]c(/C=C/c2ccccc2)n1)NCC1CCCCC1. The van der Waals surface area contributed by atoms with Gasteiger partial charge in [0, 0.05) is 6.54 Å². The first kappa shape index (κ1) is 17.7. The Morgan fingerprint density at radius 1 is 1.20 bits per heavy atom. The summed E-state index contributed by atoms with van der Waals surface area (Å²) in [6.07, 6.45) is 10.3. The minimum absolute atomic E-state index is 0.0572. The van der Waals surface area contributed by atoms with E-state index in [1.54, 1.807) is 0 Å². The molecular formula is C19H24N4OS. The summed E-state index contributed by atoms with van der Waals surface area (Å²) < 4.78 is 0. The fraction of sp³-hybridized carbons (Fsp3) is 0.421. The average Bonchev–Trinajstić information content (AvgIpc) is 3.13. The van der Waals surface area contributed by atoms with E-state index in [-0.39, 0.29) is 5.91 Å². The smallest absolute Gasteiger partial charge is 0.230 e. The number of amides is 1. The predicted octanol–water partition coefficient (Wildman–Crippen LogP) is 3.76. The monoisotopic (exact) mass is 356 g/mol. The molecule has 25 heavy (non-hydrogen) atoms. The summed E-state index contributed by atoms with van der Waals surface area (Å²) in [6, 6.07) is 10.0. The molecule has 0 spiro atoms. The molecule has 0 saturated heterocycles. The van der Waals surface area contributed by atoms with Crippen molar-refractivity contribution in [2.24, 2.45) is 5.92 Å². The minimum atomic E-state index is 0.0572. The van der Waals surface area contributed by atoms with Gasteiger partial charge in [-0.3, -0.25) is 9.89 Å². The van der Waals surface area contributed by atoms with Crippen LogP contribution in [-0.4, -0.2) is 33.4 Å². The van der Waals surface area contributed by atoms with Crippen molar-refractivity contribution in [3.05, 3.63) is 41.7 Å². The van der Waals surface area contributed by atoms with E-state index in [0.29, 0.717) is 22.7 Å². The Labute approximate surface area is 152 Å². The molecule has 0 unspecified atom stereocenters. The zero-order valence-electron chi connectivity index (χ0n) is 14.3.